The van der Waals surface area contributed by atoms with Gasteiger partial charge in [-0.25, -0.2) is 0 Å². The minimum Gasteiger partial charge on any atom is -0.370 e. The van der Waals surface area contributed by atoms with E-state index in [-0.39, 0.29) is 0 Å². The second-order valence-corrected chi connectivity index (χ2v) is 2.68. The van der Waals surface area contributed by atoms with Gasteiger partial charge in [0.15, 0.2) is 5.96 Å². The van der Waals surface area contributed by atoms with Crippen LogP contribution in [0.4, 0.5) is 0 Å². The van der Waals surface area contributed by atoms with Crippen LogP contribution >= 0.6 is 0 Å². The van der Waals surface area contributed by atoms with Gasteiger partial charge in [-0.15, -0.1) is 6.42 Å². The first kappa shape index (κ1) is 9.83. The second-order valence-electron chi connectivity index (χ2n) is 2.68. The van der Waals surface area contributed by atoms with Crippen LogP contribution in [0.25, 0.3) is 0 Å². The number of nitrogens with zero attached hydrogens (tertiary/aromatic N) is 1. The summed E-state index contributed by atoms with van der Waals surface area (Å²) in [6.07, 6.45) is 5.01. The van der Waals surface area contributed by atoms with Crippen molar-refractivity contribution in [1.29, 1.82) is 0 Å². The Hall–Kier alpha value is -1.17. The van der Waals surface area contributed by atoms with Gasteiger partial charge in [-0.05, 0) is 5.92 Å². The minimum atomic E-state index is 0.427. The molecule has 0 fully saturated rings. The number of nitrogens with two attached hydrogens (primary N) is 1. The van der Waals surface area contributed by atoms with E-state index in [0.29, 0.717) is 18.4 Å². The largest absolute Gasteiger partial charge is 0.370 e. The summed E-state index contributed by atoms with van der Waals surface area (Å²) < 4.78 is 0. The normalized spacial score (nSPS) is 11.3. The fourth-order valence-electron chi connectivity index (χ4n) is 0.478. The molecule has 3 N–H and O–H groups in total. The van der Waals surface area contributed by atoms with Gasteiger partial charge in [-0.3, -0.25) is 4.99 Å². The maximum absolute atomic E-state index is 5.45. The lowest BCUT2D eigenvalue weighted by atomic mass is 10.2. The molecule has 0 atom stereocenters. The lowest BCUT2D eigenvalue weighted by Gasteiger charge is -2.02. The molecule has 0 aromatic carbocycles. The number of guanidine groups is 1. The fourth-order valence-corrected chi connectivity index (χ4v) is 0.478. The van der Waals surface area contributed by atoms with Crippen molar-refractivity contribution in [3.05, 3.63) is 0 Å². The molecule has 0 aliphatic carbocycles. The highest BCUT2D eigenvalue weighted by atomic mass is 15.1. The monoisotopic (exact) mass is 153 g/mol. The Morgan fingerprint density at radius 3 is 2.82 bits per heavy atom. The van der Waals surface area contributed by atoms with Crippen LogP contribution in [0.2, 0.25) is 0 Å². The Morgan fingerprint density at radius 2 is 2.36 bits per heavy atom. The summed E-state index contributed by atoms with van der Waals surface area (Å²) in [5.74, 6) is 3.37. The zero-order chi connectivity index (χ0) is 8.69. The molecule has 0 bridgehead atoms. The molecular formula is C8H15N3. The summed E-state index contributed by atoms with van der Waals surface area (Å²) in [4.78, 5) is 4.05. The van der Waals surface area contributed by atoms with Crippen LogP contribution in [0.5, 0.6) is 0 Å². The molecule has 0 aliphatic heterocycles. The van der Waals surface area contributed by atoms with E-state index in [1.54, 1.807) is 0 Å². The molecule has 11 heavy (non-hydrogen) atoms. The predicted molar refractivity (Wildman–Crippen MR) is 48.2 cm³/mol. The van der Waals surface area contributed by atoms with Crippen LogP contribution in [0.15, 0.2) is 4.99 Å². The van der Waals surface area contributed by atoms with Gasteiger partial charge in [0.25, 0.3) is 0 Å². The number of nitrogens with one attached hydrogen (secondary N) is 1. The molecule has 0 rings (SSSR count). The molecule has 0 aromatic heterocycles. The summed E-state index contributed by atoms with van der Waals surface area (Å²) >= 11 is 0. The van der Waals surface area contributed by atoms with Gasteiger partial charge in [-0.2, -0.15) is 0 Å². The van der Waals surface area contributed by atoms with Gasteiger partial charge in [0.05, 0.1) is 6.54 Å². The first-order valence-corrected chi connectivity index (χ1v) is 3.64. The maximum Gasteiger partial charge on any atom is 0.189 e. The van der Waals surface area contributed by atoms with E-state index in [9.17, 15) is 0 Å². The molecule has 0 saturated heterocycles. The number of hydrogen-bond donors (Lipinski definition) is 2. The first-order chi connectivity index (χ1) is 5.16. The van der Waals surface area contributed by atoms with E-state index < -0.39 is 0 Å². The SMILES string of the molecule is C#CCNC(N)=NCC(C)C. The van der Waals surface area contributed by atoms with Crippen molar-refractivity contribution in [2.45, 2.75) is 13.8 Å². The molecule has 0 amide bonds. The van der Waals surface area contributed by atoms with Gasteiger partial charge in [0, 0.05) is 6.54 Å². The molecule has 0 radical (unpaired) electrons. The summed E-state index contributed by atoms with van der Waals surface area (Å²) in [6.45, 7) is 5.34. The molecule has 62 valence electrons. The topological polar surface area (TPSA) is 50.4 Å². The summed E-state index contributed by atoms with van der Waals surface area (Å²) in [6, 6.07) is 0. The van der Waals surface area contributed by atoms with E-state index >= 15 is 0 Å². The summed E-state index contributed by atoms with van der Waals surface area (Å²) in [5.41, 5.74) is 5.45. The average Bonchev–Trinajstić information content (AvgIpc) is 1.97. The van der Waals surface area contributed by atoms with Gasteiger partial charge < -0.3 is 11.1 Å². The molecule has 0 aliphatic rings. The third-order valence-corrected chi connectivity index (χ3v) is 0.998. The van der Waals surface area contributed by atoms with Crippen LogP contribution in [0, 0.1) is 18.3 Å². The van der Waals surface area contributed by atoms with E-state index in [2.05, 4.69) is 30.1 Å². The van der Waals surface area contributed by atoms with E-state index in [1.807, 2.05) is 0 Å². The van der Waals surface area contributed by atoms with Crippen LogP contribution in [-0.2, 0) is 0 Å². The maximum atomic E-state index is 5.45. The van der Waals surface area contributed by atoms with Gasteiger partial charge in [0.1, 0.15) is 0 Å². The Labute approximate surface area is 68.1 Å². The highest BCUT2D eigenvalue weighted by Crippen LogP contribution is 1.89. The van der Waals surface area contributed by atoms with E-state index in [4.69, 9.17) is 12.2 Å². The number of aliphatic imine (C=N–C) groups is 1. The zero-order valence-corrected chi connectivity index (χ0v) is 7.09. The Bertz CT molecular complexity index is 165. The van der Waals surface area contributed by atoms with Crippen molar-refractivity contribution < 1.29 is 0 Å². The van der Waals surface area contributed by atoms with E-state index in [1.165, 1.54) is 0 Å². The number of terminal acetylenes is 1. The third-order valence-electron chi connectivity index (χ3n) is 0.998. The predicted octanol–water partition coefficient (Wildman–Crippen LogP) is 0.180. The van der Waals surface area contributed by atoms with Crippen molar-refractivity contribution >= 4 is 5.96 Å². The molecule has 0 spiro atoms. The molecule has 0 heterocycles. The molecular weight excluding hydrogens is 138 g/mol. The van der Waals surface area contributed by atoms with Crippen molar-refractivity contribution in [2.24, 2.45) is 16.6 Å². The zero-order valence-electron chi connectivity index (χ0n) is 7.09. The van der Waals surface area contributed by atoms with Crippen LogP contribution < -0.4 is 11.1 Å². The third kappa shape index (κ3) is 6.72. The Balaban J connectivity index is 3.56. The first-order valence-electron chi connectivity index (χ1n) is 3.64. The highest BCUT2D eigenvalue weighted by Gasteiger charge is 1.91. The molecule has 3 heteroatoms. The molecule has 0 aromatic rings. The van der Waals surface area contributed by atoms with Gasteiger partial charge in [-0.1, -0.05) is 19.8 Å². The van der Waals surface area contributed by atoms with Gasteiger partial charge >= 0.3 is 0 Å². The Kier molecular flexibility index (Phi) is 5.01. The van der Waals surface area contributed by atoms with Crippen LogP contribution in [0.3, 0.4) is 0 Å². The van der Waals surface area contributed by atoms with E-state index in [0.717, 1.165) is 6.54 Å². The summed E-state index contributed by atoms with van der Waals surface area (Å²) in [7, 11) is 0. The van der Waals surface area contributed by atoms with Crippen molar-refractivity contribution in [2.75, 3.05) is 13.1 Å². The Morgan fingerprint density at radius 1 is 1.73 bits per heavy atom. The lowest BCUT2D eigenvalue weighted by molar-refractivity contribution is 0.662. The average molecular weight is 153 g/mol. The minimum absolute atomic E-state index is 0.427. The number of hydrogen-bond acceptors (Lipinski definition) is 1. The quantitative estimate of drug-likeness (QED) is 0.345. The van der Waals surface area contributed by atoms with Crippen molar-refractivity contribution in [3.63, 3.8) is 0 Å². The molecule has 3 nitrogen and oxygen atoms in total. The smallest absolute Gasteiger partial charge is 0.189 e. The van der Waals surface area contributed by atoms with Crippen LogP contribution in [-0.4, -0.2) is 19.0 Å². The summed E-state index contributed by atoms with van der Waals surface area (Å²) in [5, 5.41) is 2.78. The number of rotatable bonds is 3. The standard InChI is InChI=1S/C8H15N3/c1-4-5-10-8(9)11-6-7(2)3/h1,7H,5-6H2,2-3H3,(H3,9,10,11). The highest BCUT2D eigenvalue weighted by molar-refractivity contribution is 5.78. The van der Waals surface area contributed by atoms with Crippen LogP contribution in [0.1, 0.15) is 13.8 Å². The molecule has 0 unspecified atom stereocenters. The fraction of sp³-hybridized carbons (Fsp3) is 0.625. The lowest BCUT2D eigenvalue weighted by Crippen LogP contribution is -2.32. The van der Waals surface area contributed by atoms with Crippen molar-refractivity contribution in [1.82, 2.24) is 5.32 Å². The van der Waals surface area contributed by atoms with Gasteiger partial charge in [0.2, 0.25) is 0 Å². The molecule has 0 saturated carbocycles. The van der Waals surface area contributed by atoms with Crippen molar-refractivity contribution in [3.8, 4) is 12.3 Å². The second kappa shape index (κ2) is 5.60.